The predicted octanol–water partition coefficient (Wildman–Crippen LogP) is 2.51. The quantitative estimate of drug-likeness (QED) is 0.641. The van der Waals surface area contributed by atoms with Crippen LogP contribution in [0.1, 0.15) is 23.0 Å². The number of benzene rings is 1. The lowest BCUT2D eigenvalue weighted by Gasteiger charge is -1.93. The van der Waals surface area contributed by atoms with E-state index in [1.165, 1.54) is 6.92 Å². The number of hydrogen-bond donors (Lipinski definition) is 0. The molecule has 3 heteroatoms. The van der Waals surface area contributed by atoms with E-state index in [-0.39, 0.29) is 11.5 Å². The Morgan fingerprint density at radius 2 is 2.21 bits per heavy atom. The molecule has 0 saturated carbocycles. The molecule has 0 bridgehead atoms. The van der Waals surface area contributed by atoms with Crippen LogP contribution in [0.25, 0.3) is 11.0 Å². The second-order valence-corrected chi connectivity index (χ2v) is 3.03. The van der Waals surface area contributed by atoms with Gasteiger partial charge in [-0.2, -0.15) is 5.26 Å². The summed E-state index contributed by atoms with van der Waals surface area (Å²) >= 11 is 0. The van der Waals surface area contributed by atoms with Crippen molar-refractivity contribution >= 4 is 16.8 Å². The molecule has 0 aliphatic carbocycles. The molecule has 3 nitrogen and oxygen atoms in total. The van der Waals surface area contributed by atoms with E-state index < -0.39 is 0 Å². The monoisotopic (exact) mass is 185 g/mol. The molecule has 0 saturated heterocycles. The van der Waals surface area contributed by atoms with Gasteiger partial charge in [-0.25, -0.2) is 0 Å². The molecule has 2 aromatic rings. The summed E-state index contributed by atoms with van der Waals surface area (Å²) in [5.41, 5.74) is 1.17. The molecule has 1 aromatic carbocycles. The average Bonchev–Trinajstić information content (AvgIpc) is 2.58. The molecule has 14 heavy (non-hydrogen) atoms. The number of hydrogen-bond acceptors (Lipinski definition) is 3. The van der Waals surface area contributed by atoms with Crippen LogP contribution in [0.3, 0.4) is 0 Å². The van der Waals surface area contributed by atoms with Crippen LogP contribution >= 0.6 is 0 Å². The zero-order valence-corrected chi connectivity index (χ0v) is 7.57. The highest BCUT2D eigenvalue weighted by Crippen LogP contribution is 2.20. The predicted molar refractivity (Wildman–Crippen MR) is 50.9 cm³/mol. The van der Waals surface area contributed by atoms with Crippen molar-refractivity contribution in [1.82, 2.24) is 0 Å². The largest absolute Gasteiger partial charge is 0.446 e. The zero-order chi connectivity index (χ0) is 10.1. The van der Waals surface area contributed by atoms with Crippen molar-refractivity contribution in [2.24, 2.45) is 0 Å². The molecule has 0 aliphatic heterocycles. The topological polar surface area (TPSA) is 54.0 Å². The van der Waals surface area contributed by atoms with Gasteiger partial charge in [0.15, 0.2) is 5.78 Å². The van der Waals surface area contributed by atoms with Crippen molar-refractivity contribution in [3.05, 3.63) is 35.6 Å². The number of ketones is 1. The number of nitriles is 1. The minimum atomic E-state index is -0.0122. The number of Topliss-reactive ketones (excluding diaryl/α,β-unsaturated/α-hetero) is 1. The number of fused-ring (bicyclic) bond motifs is 1. The third-order valence-electron chi connectivity index (χ3n) is 2.04. The van der Waals surface area contributed by atoms with Gasteiger partial charge in [0.05, 0.1) is 0 Å². The molecule has 68 valence electrons. The van der Waals surface area contributed by atoms with Crippen LogP contribution in [0.4, 0.5) is 0 Å². The fourth-order valence-corrected chi connectivity index (χ4v) is 1.31. The molecule has 0 spiro atoms. The van der Waals surface area contributed by atoms with Crippen molar-refractivity contribution in [2.45, 2.75) is 6.92 Å². The Labute approximate surface area is 80.6 Å². The normalized spacial score (nSPS) is 10.0. The van der Waals surface area contributed by atoms with Crippen molar-refractivity contribution in [1.29, 1.82) is 5.26 Å². The number of furan rings is 1. The first-order chi connectivity index (χ1) is 6.70. The van der Waals surface area contributed by atoms with Crippen molar-refractivity contribution in [3.8, 4) is 6.07 Å². The average molecular weight is 185 g/mol. The van der Waals surface area contributed by atoms with E-state index in [0.29, 0.717) is 11.1 Å². The van der Waals surface area contributed by atoms with E-state index in [2.05, 4.69) is 0 Å². The van der Waals surface area contributed by atoms with Crippen LogP contribution in [0.5, 0.6) is 0 Å². The van der Waals surface area contributed by atoms with Gasteiger partial charge >= 0.3 is 0 Å². The Morgan fingerprint density at radius 1 is 1.43 bits per heavy atom. The first-order valence-electron chi connectivity index (χ1n) is 4.15. The number of carbonyl (C=O) groups is 1. The van der Waals surface area contributed by atoms with E-state index in [4.69, 9.17) is 9.68 Å². The maximum Gasteiger partial charge on any atom is 0.204 e. The Hall–Kier alpha value is -2.08. The highest BCUT2D eigenvalue weighted by atomic mass is 16.3. The van der Waals surface area contributed by atoms with Crippen LogP contribution in [-0.4, -0.2) is 5.78 Å². The third kappa shape index (κ3) is 1.27. The lowest BCUT2D eigenvalue weighted by atomic mass is 10.1. The summed E-state index contributed by atoms with van der Waals surface area (Å²) in [6.07, 6.45) is 0. The standard InChI is InChI=1S/C11H7NO2/c1-7(13)8-2-3-9-4-10(6-12)14-11(9)5-8/h2-5H,1H3. The van der Waals surface area contributed by atoms with Crippen LogP contribution in [0.2, 0.25) is 0 Å². The summed E-state index contributed by atoms with van der Waals surface area (Å²) in [6.45, 7) is 1.50. The van der Waals surface area contributed by atoms with Gasteiger partial charge in [0.25, 0.3) is 0 Å². The Morgan fingerprint density at radius 3 is 2.86 bits per heavy atom. The van der Waals surface area contributed by atoms with Crippen molar-refractivity contribution in [3.63, 3.8) is 0 Å². The molecule has 0 radical (unpaired) electrons. The lowest BCUT2D eigenvalue weighted by molar-refractivity contribution is 0.101. The molecular formula is C11H7NO2. The van der Waals surface area contributed by atoms with Gasteiger partial charge in [-0.05, 0) is 13.0 Å². The van der Waals surface area contributed by atoms with Gasteiger partial charge in [-0.1, -0.05) is 12.1 Å². The maximum atomic E-state index is 11.1. The third-order valence-corrected chi connectivity index (χ3v) is 2.04. The number of nitrogens with zero attached hydrogens (tertiary/aromatic N) is 1. The summed E-state index contributed by atoms with van der Waals surface area (Å²) < 4.78 is 5.19. The minimum absolute atomic E-state index is 0.0122. The molecule has 0 amide bonds. The summed E-state index contributed by atoms with van der Waals surface area (Å²) in [5, 5.41) is 9.45. The second kappa shape index (κ2) is 3.00. The molecular weight excluding hydrogens is 178 g/mol. The molecule has 1 aromatic heterocycles. The first kappa shape index (κ1) is 8.52. The van der Waals surface area contributed by atoms with Crippen LogP contribution in [-0.2, 0) is 0 Å². The maximum absolute atomic E-state index is 11.1. The summed E-state index contributed by atoms with van der Waals surface area (Å²) in [7, 11) is 0. The van der Waals surface area contributed by atoms with E-state index in [1.54, 1.807) is 24.3 Å². The molecule has 0 aliphatic rings. The smallest absolute Gasteiger partial charge is 0.204 e. The second-order valence-electron chi connectivity index (χ2n) is 3.03. The lowest BCUT2D eigenvalue weighted by Crippen LogP contribution is -1.89. The van der Waals surface area contributed by atoms with E-state index in [9.17, 15) is 4.79 Å². The summed E-state index contributed by atoms with van der Waals surface area (Å²) in [4.78, 5) is 11.1. The van der Waals surface area contributed by atoms with Crippen LogP contribution < -0.4 is 0 Å². The molecule has 2 rings (SSSR count). The first-order valence-corrected chi connectivity index (χ1v) is 4.15. The fourth-order valence-electron chi connectivity index (χ4n) is 1.31. The van der Waals surface area contributed by atoms with Crippen LogP contribution in [0.15, 0.2) is 28.7 Å². The zero-order valence-electron chi connectivity index (χ0n) is 7.57. The summed E-state index contributed by atoms with van der Waals surface area (Å²) in [5.74, 6) is 0.252. The number of rotatable bonds is 1. The molecule has 0 N–H and O–H groups in total. The molecule has 0 fully saturated rings. The molecule has 0 unspecified atom stereocenters. The highest BCUT2D eigenvalue weighted by Gasteiger charge is 2.05. The summed E-state index contributed by atoms with van der Waals surface area (Å²) in [6, 6.07) is 8.71. The van der Waals surface area contributed by atoms with E-state index in [1.807, 2.05) is 6.07 Å². The van der Waals surface area contributed by atoms with Crippen LogP contribution in [0, 0.1) is 11.3 Å². The van der Waals surface area contributed by atoms with Gasteiger partial charge in [0.2, 0.25) is 5.76 Å². The number of carbonyl (C=O) groups excluding carboxylic acids is 1. The van der Waals surface area contributed by atoms with Crippen molar-refractivity contribution in [2.75, 3.05) is 0 Å². The highest BCUT2D eigenvalue weighted by molar-refractivity contribution is 5.97. The van der Waals surface area contributed by atoms with Gasteiger partial charge in [-0.3, -0.25) is 4.79 Å². The van der Waals surface area contributed by atoms with E-state index >= 15 is 0 Å². The fraction of sp³-hybridized carbons (Fsp3) is 0.0909. The van der Waals surface area contributed by atoms with Gasteiger partial charge in [0, 0.05) is 17.0 Å². The Bertz CT molecular complexity index is 546. The Balaban J connectivity index is 2.66. The van der Waals surface area contributed by atoms with Gasteiger partial charge in [0.1, 0.15) is 11.7 Å². The molecule has 1 heterocycles. The van der Waals surface area contributed by atoms with E-state index in [0.717, 1.165) is 5.39 Å². The Kier molecular flexibility index (Phi) is 1.83. The van der Waals surface area contributed by atoms with Crippen molar-refractivity contribution < 1.29 is 9.21 Å². The SMILES string of the molecule is CC(=O)c1ccc2cc(C#N)oc2c1. The van der Waals surface area contributed by atoms with Gasteiger partial charge in [-0.15, -0.1) is 0 Å². The minimum Gasteiger partial charge on any atom is -0.446 e. The molecule has 0 atom stereocenters. The van der Waals surface area contributed by atoms with Gasteiger partial charge < -0.3 is 4.42 Å².